The molecule has 0 radical (unpaired) electrons. The van der Waals surface area contributed by atoms with E-state index in [-0.39, 0.29) is 6.10 Å². The van der Waals surface area contributed by atoms with Crippen molar-refractivity contribution in [3.05, 3.63) is 0 Å². The molecule has 2 rings (SSSR count). The zero-order chi connectivity index (χ0) is 13.3. The van der Waals surface area contributed by atoms with Crippen molar-refractivity contribution < 1.29 is 9.84 Å². The average Bonchev–Trinajstić information content (AvgIpc) is 2.66. The lowest BCUT2D eigenvalue weighted by Crippen LogP contribution is -2.36. The van der Waals surface area contributed by atoms with Crippen LogP contribution >= 0.6 is 0 Å². The fraction of sp³-hybridized carbons (Fsp3) is 1.00. The first kappa shape index (κ1) is 14.3. The Bertz CT molecular complexity index is 269. The molecule has 2 nitrogen and oxygen atoms in total. The zero-order valence-electron chi connectivity index (χ0n) is 12.5. The summed E-state index contributed by atoms with van der Waals surface area (Å²) in [6.45, 7) is 9.16. The molecule has 2 aliphatic rings. The van der Waals surface area contributed by atoms with Gasteiger partial charge in [0.2, 0.25) is 0 Å². The minimum atomic E-state index is -0.0943. The lowest BCUT2D eigenvalue weighted by atomic mass is 9.67. The summed E-state index contributed by atoms with van der Waals surface area (Å²) in [7, 11) is 0. The molecule has 0 bridgehead atoms. The maximum atomic E-state index is 10.2. The van der Waals surface area contributed by atoms with Crippen molar-refractivity contribution in [2.45, 2.75) is 84.5 Å². The Balaban J connectivity index is 1.89. The van der Waals surface area contributed by atoms with Crippen LogP contribution in [0.2, 0.25) is 0 Å². The number of rotatable bonds is 2. The normalized spacial score (nSPS) is 42.2. The third-order valence-corrected chi connectivity index (χ3v) is 5.05. The van der Waals surface area contributed by atoms with E-state index in [1.165, 1.54) is 25.7 Å². The molecular formula is C16H30O2. The molecule has 1 saturated carbocycles. The molecule has 1 aliphatic heterocycles. The van der Waals surface area contributed by atoms with Crippen molar-refractivity contribution in [2.24, 2.45) is 17.3 Å². The van der Waals surface area contributed by atoms with Gasteiger partial charge < -0.3 is 9.84 Å². The largest absolute Gasteiger partial charge is 0.393 e. The summed E-state index contributed by atoms with van der Waals surface area (Å²) < 4.78 is 5.92. The minimum absolute atomic E-state index is 0.0943. The highest BCUT2D eigenvalue weighted by Crippen LogP contribution is 2.42. The van der Waals surface area contributed by atoms with Gasteiger partial charge in [-0.25, -0.2) is 0 Å². The molecule has 2 fully saturated rings. The van der Waals surface area contributed by atoms with E-state index in [0.29, 0.717) is 23.5 Å². The van der Waals surface area contributed by atoms with E-state index < -0.39 is 0 Å². The van der Waals surface area contributed by atoms with Crippen LogP contribution in [0.4, 0.5) is 0 Å². The fourth-order valence-corrected chi connectivity index (χ4v) is 3.68. The van der Waals surface area contributed by atoms with Gasteiger partial charge in [0.05, 0.1) is 18.3 Å². The minimum Gasteiger partial charge on any atom is -0.393 e. The van der Waals surface area contributed by atoms with E-state index in [1.54, 1.807) is 0 Å². The topological polar surface area (TPSA) is 29.5 Å². The Kier molecular flexibility index (Phi) is 4.38. The highest BCUT2D eigenvalue weighted by Gasteiger charge is 2.37. The summed E-state index contributed by atoms with van der Waals surface area (Å²) in [4.78, 5) is 0. The number of aliphatic hydroxyl groups is 1. The predicted molar refractivity (Wildman–Crippen MR) is 74.5 cm³/mol. The summed E-state index contributed by atoms with van der Waals surface area (Å²) in [5, 5.41) is 10.2. The van der Waals surface area contributed by atoms with E-state index in [2.05, 4.69) is 27.7 Å². The molecule has 1 aliphatic carbocycles. The van der Waals surface area contributed by atoms with Gasteiger partial charge in [0, 0.05) is 0 Å². The lowest BCUT2D eigenvalue weighted by Gasteiger charge is -2.40. The van der Waals surface area contributed by atoms with Gasteiger partial charge in [-0.3, -0.25) is 0 Å². The quantitative estimate of drug-likeness (QED) is 0.813. The fourth-order valence-electron chi connectivity index (χ4n) is 3.68. The van der Waals surface area contributed by atoms with Crippen LogP contribution in [0.1, 0.15) is 66.2 Å². The molecule has 5 atom stereocenters. The van der Waals surface area contributed by atoms with E-state index in [4.69, 9.17) is 4.74 Å². The number of hydrogen-bond donors (Lipinski definition) is 1. The van der Waals surface area contributed by atoms with Crippen molar-refractivity contribution in [1.82, 2.24) is 0 Å². The molecule has 0 aromatic rings. The van der Waals surface area contributed by atoms with Gasteiger partial charge in [-0.2, -0.15) is 0 Å². The van der Waals surface area contributed by atoms with Crippen LogP contribution in [0.5, 0.6) is 0 Å². The van der Waals surface area contributed by atoms with Gasteiger partial charge in [-0.15, -0.1) is 0 Å². The van der Waals surface area contributed by atoms with Crippen LogP contribution in [0, 0.1) is 17.3 Å². The summed E-state index contributed by atoms with van der Waals surface area (Å²) in [6.07, 6.45) is 7.52. The molecule has 106 valence electrons. The standard InChI is InChI=1S/C16H30O2/c1-11-5-7-14(18-11)10-12-9-13(16(2,3)4)6-8-15(12)17/h11-15,17H,5-10H2,1-4H3. The first-order chi connectivity index (χ1) is 8.36. The second-order valence-corrected chi connectivity index (χ2v) is 7.59. The van der Waals surface area contributed by atoms with Crippen LogP contribution in [-0.2, 0) is 4.74 Å². The Morgan fingerprint density at radius 2 is 1.83 bits per heavy atom. The molecule has 0 aromatic carbocycles. The van der Waals surface area contributed by atoms with Crippen LogP contribution in [0.25, 0.3) is 0 Å². The van der Waals surface area contributed by atoms with Crippen LogP contribution < -0.4 is 0 Å². The first-order valence-electron chi connectivity index (χ1n) is 7.69. The molecule has 18 heavy (non-hydrogen) atoms. The first-order valence-corrected chi connectivity index (χ1v) is 7.69. The molecule has 1 saturated heterocycles. The predicted octanol–water partition coefficient (Wildman–Crippen LogP) is 3.77. The summed E-state index contributed by atoms with van der Waals surface area (Å²) >= 11 is 0. The van der Waals surface area contributed by atoms with Gasteiger partial charge in [0.25, 0.3) is 0 Å². The van der Waals surface area contributed by atoms with Gasteiger partial charge in [0.1, 0.15) is 0 Å². The Hall–Kier alpha value is -0.0800. The highest BCUT2D eigenvalue weighted by atomic mass is 16.5. The van der Waals surface area contributed by atoms with Crippen molar-refractivity contribution in [2.75, 3.05) is 0 Å². The summed E-state index contributed by atoms with van der Waals surface area (Å²) in [5.41, 5.74) is 0.377. The van der Waals surface area contributed by atoms with Crippen molar-refractivity contribution in [3.63, 3.8) is 0 Å². The van der Waals surface area contributed by atoms with E-state index >= 15 is 0 Å². The monoisotopic (exact) mass is 254 g/mol. The zero-order valence-corrected chi connectivity index (χ0v) is 12.5. The summed E-state index contributed by atoms with van der Waals surface area (Å²) in [6, 6.07) is 0. The van der Waals surface area contributed by atoms with Gasteiger partial charge in [-0.05, 0) is 62.7 Å². The van der Waals surface area contributed by atoms with E-state index in [0.717, 1.165) is 18.8 Å². The maximum absolute atomic E-state index is 10.2. The molecule has 0 aromatic heterocycles. The van der Waals surface area contributed by atoms with E-state index in [9.17, 15) is 5.11 Å². The molecular weight excluding hydrogens is 224 g/mol. The molecule has 0 spiro atoms. The number of aliphatic hydroxyl groups excluding tert-OH is 1. The average molecular weight is 254 g/mol. The Labute approximate surface area is 112 Å². The maximum Gasteiger partial charge on any atom is 0.0583 e. The molecule has 0 amide bonds. The number of ether oxygens (including phenoxy) is 1. The molecule has 1 heterocycles. The van der Waals surface area contributed by atoms with Crippen LogP contribution in [-0.4, -0.2) is 23.4 Å². The second-order valence-electron chi connectivity index (χ2n) is 7.59. The van der Waals surface area contributed by atoms with Crippen molar-refractivity contribution >= 4 is 0 Å². The molecule has 5 unspecified atom stereocenters. The smallest absolute Gasteiger partial charge is 0.0583 e. The summed E-state index contributed by atoms with van der Waals surface area (Å²) in [5.74, 6) is 1.21. The highest BCUT2D eigenvalue weighted by molar-refractivity contribution is 4.87. The second kappa shape index (κ2) is 5.50. The number of hydrogen-bond acceptors (Lipinski definition) is 2. The Morgan fingerprint density at radius 1 is 1.11 bits per heavy atom. The molecule has 1 N–H and O–H groups in total. The van der Waals surface area contributed by atoms with Gasteiger partial charge >= 0.3 is 0 Å². The van der Waals surface area contributed by atoms with Gasteiger partial charge in [0.15, 0.2) is 0 Å². The van der Waals surface area contributed by atoms with E-state index in [1.807, 2.05) is 0 Å². The van der Waals surface area contributed by atoms with Crippen LogP contribution in [0.3, 0.4) is 0 Å². The van der Waals surface area contributed by atoms with Crippen molar-refractivity contribution in [1.29, 1.82) is 0 Å². The SMILES string of the molecule is CC1CCC(CC2CC(C(C)(C)C)CCC2O)O1. The third kappa shape index (κ3) is 3.48. The molecule has 2 heteroatoms. The van der Waals surface area contributed by atoms with Crippen LogP contribution in [0.15, 0.2) is 0 Å². The third-order valence-electron chi connectivity index (χ3n) is 5.05. The Morgan fingerprint density at radius 3 is 2.39 bits per heavy atom. The lowest BCUT2D eigenvalue weighted by molar-refractivity contribution is -0.0211. The van der Waals surface area contributed by atoms with Gasteiger partial charge in [-0.1, -0.05) is 20.8 Å². The van der Waals surface area contributed by atoms with Crippen molar-refractivity contribution in [3.8, 4) is 0 Å².